The predicted octanol–water partition coefficient (Wildman–Crippen LogP) is 2.04. The molecule has 0 bridgehead atoms. The number of nitrogens with one attached hydrogen (secondary N) is 1. The number of hydrogen-bond acceptors (Lipinski definition) is 3. The average molecular weight is 277 g/mol. The molecule has 2 aromatic heterocycles. The van der Waals surface area contributed by atoms with Gasteiger partial charge in [0.1, 0.15) is 5.69 Å². The topological polar surface area (TPSA) is 59.8 Å². The molecule has 1 amide bonds. The summed E-state index contributed by atoms with van der Waals surface area (Å²) >= 11 is 5.84. The molecule has 0 radical (unpaired) electrons. The molecule has 0 unspecified atom stereocenters. The molecule has 0 aromatic carbocycles. The summed E-state index contributed by atoms with van der Waals surface area (Å²) < 4.78 is 1.95. The summed E-state index contributed by atoms with van der Waals surface area (Å²) in [5, 5.41) is 3.12. The van der Waals surface area contributed by atoms with Crippen molar-refractivity contribution in [2.75, 3.05) is 0 Å². The molecule has 1 atom stereocenters. The van der Waals surface area contributed by atoms with Gasteiger partial charge in [-0.05, 0) is 37.1 Å². The molecule has 6 heteroatoms. The Balaban J connectivity index is 2.10. The van der Waals surface area contributed by atoms with Crippen LogP contribution in [-0.4, -0.2) is 26.5 Å². The van der Waals surface area contributed by atoms with Crippen LogP contribution in [0.15, 0.2) is 18.5 Å². The summed E-state index contributed by atoms with van der Waals surface area (Å²) in [6.45, 7) is 4.66. The van der Waals surface area contributed by atoms with Gasteiger partial charge in [0.2, 0.25) is 5.28 Å². The zero-order valence-corrected chi connectivity index (χ0v) is 11.4. The zero-order valence-electron chi connectivity index (χ0n) is 10.6. The lowest BCUT2D eigenvalue weighted by molar-refractivity contribution is 0.0906. The molecular weight excluding hydrogens is 264 g/mol. The first-order valence-electron chi connectivity index (χ1n) is 6.05. The highest BCUT2D eigenvalue weighted by Crippen LogP contribution is 2.25. The van der Waals surface area contributed by atoms with Gasteiger partial charge in [-0.1, -0.05) is 0 Å². The fourth-order valence-corrected chi connectivity index (χ4v) is 2.47. The first-order valence-corrected chi connectivity index (χ1v) is 6.43. The minimum Gasteiger partial charge on any atom is -0.347 e. The standard InChI is InChI=1S/C13H13ClN4O/c1-7-4-15-13(14)17-11(7)9-3-10-12(19)16-8(2)5-18(10)6-9/h3-4,6,8H,5H2,1-2H3,(H,16,19)/t8-/m0/s1. The van der Waals surface area contributed by atoms with Crippen LogP contribution in [0.1, 0.15) is 23.0 Å². The van der Waals surface area contributed by atoms with Gasteiger partial charge in [0.25, 0.3) is 5.91 Å². The van der Waals surface area contributed by atoms with E-state index in [2.05, 4.69) is 15.3 Å². The van der Waals surface area contributed by atoms with E-state index >= 15 is 0 Å². The fourth-order valence-electron chi connectivity index (χ4n) is 2.33. The molecule has 98 valence electrons. The van der Waals surface area contributed by atoms with E-state index in [4.69, 9.17) is 11.6 Å². The third kappa shape index (κ3) is 2.10. The number of carbonyl (C=O) groups is 1. The largest absolute Gasteiger partial charge is 0.347 e. The van der Waals surface area contributed by atoms with Gasteiger partial charge in [-0.25, -0.2) is 9.97 Å². The first-order chi connectivity index (χ1) is 9.04. The van der Waals surface area contributed by atoms with Gasteiger partial charge >= 0.3 is 0 Å². The van der Waals surface area contributed by atoms with Crippen molar-refractivity contribution in [3.63, 3.8) is 0 Å². The fraction of sp³-hybridized carbons (Fsp3) is 0.308. The number of halogens is 1. The van der Waals surface area contributed by atoms with Crippen molar-refractivity contribution < 1.29 is 4.79 Å². The van der Waals surface area contributed by atoms with Gasteiger partial charge in [0, 0.05) is 30.5 Å². The summed E-state index contributed by atoms with van der Waals surface area (Å²) in [6, 6.07) is 1.97. The van der Waals surface area contributed by atoms with E-state index in [-0.39, 0.29) is 17.2 Å². The average Bonchev–Trinajstić information content (AvgIpc) is 2.76. The highest BCUT2D eigenvalue weighted by Gasteiger charge is 2.23. The monoisotopic (exact) mass is 276 g/mol. The molecule has 19 heavy (non-hydrogen) atoms. The lowest BCUT2D eigenvalue weighted by Gasteiger charge is -2.22. The van der Waals surface area contributed by atoms with Gasteiger partial charge in [-0.2, -0.15) is 0 Å². The van der Waals surface area contributed by atoms with E-state index in [9.17, 15) is 4.79 Å². The molecule has 1 aliphatic rings. The number of aryl methyl sites for hydroxylation is 1. The summed E-state index contributed by atoms with van der Waals surface area (Å²) in [7, 11) is 0. The summed E-state index contributed by atoms with van der Waals surface area (Å²) in [4.78, 5) is 20.1. The second-order valence-electron chi connectivity index (χ2n) is 4.81. The smallest absolute Gasteiger partial charge is 0.268 e. The Kier molecular flexibility index (Phi) is 2.78. The number of aromatic nitrogens is 3. The Hall–Kier alpha value is -1.88. The third-order valence-electron chi connectivity index (χ3n) is 3.19. The summed E-state index contributed by atoms with van der Waals surface area (Å²) in [5.41, 5.74) is 3.24. The van der Waals surface area contributed by atoms with Crippen LogP contribution in [0.25, 0.3) is 11.3 Å². The molecule has 3 heterocycles. The third-order valence-corrected chi connectivity index (χ3v) is 3.38. The quantitative estimate of drug-likeness (QED) is 0.811. The van der Waals surface area contributed by atoms with Crippen LogP contribution in [0.2, 0.25) is 5.28 Å². The van der Waals surface area contributed by atoms with Gasteiger partial charge in [0.05, 0.1) is 5.69 Å². The molecule has 0 saturated carbocycles. The van der Waals surface area contributed by atoms with Gasteiger partial charge in [0.15, 0.2) is 0 Å². The van der Waals surface area contributed by atoms with Crippen molar-refractivity contribution in [1.29, 1.82) is 0 Å². The van der Waals surface area contributed by atoms with E-state index < -0.39 is 0 Å². The van der Waals surface area contributed by atoms with Crippen molar-refractivity contribution in [3.8, 4) is 11.3 Å². The van der Waals surface area contributed by atoms with Gasteiger partial charge < -0.3 is 9.88 Å². The first kappa shape index (κ1) is 12.2. The molecule has 2 aromatic rings. The maximum absolute atomic E-state index is 11.9. The predicted molar refractivity (Wildman–Crippen MR) is 72.1 cm³/mol. The van der Waals surface area contributed by atoms with Crippen molar-refractivity contribution >= 4 is 17.5 Å². The Morgan fingerprint density at radius 2 is 2.32 bits per heavy atom. The Bertz CT molecular complexity index is 665. The number of rotatable bonds is 1. The van der Waals surface area contributed by atoms with Crippen LogP contribution < -0.4 is 5.32 Å². The van der Waals surface area contributed by atoms with Gasteiger partial charge in [-0.15, -0.1) is 0 Å². The SMILES string of the molecule is Cc1cnc(Cl)nc1-c1cc2n(c1)C[C@H](C)NC2=O. The van der Waals surface area contributed by atoms with E-state index in [0.717, 1.165) is 23.4 Å². The molecular formula is C13H13ClN4O. The highest BCUT2D eigenvalue weighted by molar-refractivity contribution is 6.28. The lowest BCUT2D eigenvalue weighted by atomic mass is 10.1. The Labute approximate surface area is 115 Å². The highest BCUT2D eigenvalue weighted by atomic mass is 35.5. The number of carbonyl (C=O) groups excluding carboxylic acids is 1. The minimum absolute atomic E-state index is 0.0530. The second kappa shape index (κ2) is 4.35. The van der Waals surface area contributed by atoms with Crippen molar-refractivity contribution in [2.24, 2.45) is 0 Å². The molecule has 0 aliphatic carbocycles. The van der Waals surface area contributed by atoms with Crippen molar-refractivity contribution in [1.82, 2.24) is 19.9 Å². The number of amides is 1. The van der Waals surface area contributed by atoms with Crippen LogP contribution in [0, 0.1) is 6.92 Å². The molecule has 0 fully saturated rings. The van der Waals surface area contributed by atoms with Crippen molar-refractivity contribution in [2.45, 2.75) is 26.4 Å². The lowest BCUT2D eigenvalue weighted by Crippen LogP contribution is -2.41. The molecule has 0 saturated heterocycles. The summed E-state index contributed by atoms with van der Waals surface area (Å²) in [5.74, 6) is -0.0530. The molecule has 3 rings (SSSR count). The van der Waals surface area contributed by atoms with E-state index in [1.807, 2.05) is 30.7 Å². The second-order valence-corrected chi connectivity index (χ2v) is 5.15. The Morgan fingerprint density at radius 3 is 3.11 bits per heavy atom. The maximum atomic E-state index is 11.9. The van der Waals surface area contributed by atoms with Crippen LogP contribution in [-0.2, 0) is 6.54 Å². The number of nitrogens with zero attached hydrogens (tertiary/aromatic N) is 3. The molecule has 1 aliphatic heterocycles. The van der Waals surface area contributed by atoms with Crippen LogP contribution in [0.5, 0.6) is 0 Å². The number of hydrogen-bond donors (Lipinski definition) is 1. The van der Waals surface area contributed by atoms with Crippen molar-refractivity contribution in [3.05, 3.63) is 35.0 Å². The minimum atomic E-state index is -0.0530. The van der Waals surface area contributed by atoms with E-state index in [0.29, 0.717) is 5.69 Å². The number of fused-ring (bicyclic) bond motifs is 1. The molecule has 0 spiro atoms. The van der Waals surface area contributed by atoms with E-state index in [1.54, 1.807) is 6.20 Å². The maximum Gasteiger partial charge on any atom is 0.268 e. The molecule has 5 nitrogen and oxygen atoms in total. The molecule has 1 N–H and O–H groups in total. The van der Waals surface area contributed by atoms with E-state index in [1.165, 1.54) is 0 Å². The summed E-state index contributed by atoms with van der Waals surface area (Å²) in [6.07, 6.45) is 3.63. The van der Waals surface area contributed by atoms with Crippen LogP contribution in [0.4, 0.5) is 0 Å². The zero-order chi connectivity index (χ0) is 13.6. The normalized spacial score (nSPS) is 18.1. The van der Waals surface area contributed by atoms with Gasteiger partial charge in [-0.3, -0.25) is 4.79 Å². The van der Waals surface area contributed by atoms with Crippen LogP contribution in [0.3, 0.4) is 0 Å². The van der Waals surface area contributed by atoms with Crippen LogP contribution >= 0.6 is 11.6 Å². The Morgan fingerprint density at radius 1 is 1.53 bits per heavy atom.